The summed E-state index contributed by atoms with van der Waals surface area (Å²) in [5.74, 6) is 1.88. The number of nitrogens with zero attached hydrogens (tertiary/aromatic N) is 2. The van der Waals surface area contributed by atoms with Gasteiger partial charge in [0.05, 0.1) is 12.2 Å². The second-order valence-corrected chi connectivity index (χ2v) is 5.11. The number of oxazole rings is 1. The molecule has 2 rings (SSSR count). The Morgan fingerprint density at radius 1 is 1.22 bits per heavy atom. The van der Waals surface area contributed by atoms with Crippen molar-refractivity contribution in [3.63, 3.8) is 0 Å². The van der Waals surface area contributed by atoms with Crippen molar-refractivity contribution < 1.29 is 8.81 Å². The van der Waals surface area contributed by atoms with Gasteiger partial charge >= 0.3 is 0 Å². The number of rotatable bonds is 4. The molecule has 0 fully saturated rings. The van der Waals surface area contributed by atoms with Crippen LogP contribution in [0.1, 0.15) is 28.5 Å². The number of guanidine groups is 1. The summed E-state index contributed by atoms with van der Waals surface area (Å²) >= 11 is 0. The number of benzene rings is 1. The average Bonchev–Trinajstić information content (AvgIpc) is 2.81. The van der Waals surface area contributed by atoms with Gasteiger partial charge in [-0.05, 0) is 38.0 Å². The zero-order chi connectivity index (χ0) is 16.1. The average molecular weight is 432 g/mol. The Labute approximate surface area is 152 Å². The summed E-state index contributed by atoms with van der Waals surface area (Å²) in [5, 5.41) is 6.30. The van der Waals surface area contributed by atoms with E-state index in [4.69, 9.17) is 4.42 Å². The Morgan fingerprint density at radius 3 is 2.48 bits per heavy atom. The van der Waals surface area contributed by atoms with E-state index in [1.165, 1.54) is 6.07 Å². The van der Waals surface area contributed by atoms with Crippen molar-refractivity contribution in [2.45, 2.75) is 33.9 Å². The van der Waals surface area contributed by atoms with Crippen molar-refractivity contribution in [3.8, 4) is 0 Å². The Morgan fingerprint density at radius 2 is 1.91 bits per heavy atom. The fraction of sp³-hybridized carbons (Fsp3) is 0.375. The maximum atomic E-state index is 13.2. The summed E-state index contributed by atoms with van der Waals surface area (Å²) in [7, 11) is 1.69. The van der Waals surface area contributed by atoms with Gasteiger partial charge in [0.1, 0.15) is 11.6 Å². The number of aryl methyl sites for hydroxylation is 3. The SMILES string of the molecule is CN=C(NCc1ccc(F)c(C)c1)NCc1nc(C)c(C)o1.I. The maximum absolute atomic E-state index is 13.2. The normalized spacial score (nSPS) is 11.1. The van der Waals surface area contributed by atoms with Crippen molar-refractivity contribution >= 4 is 29.9 Å². The lowest BCUT2D eigenvalue weighted by Crippen LogP contribution is -2.36. The number of hydrogen-bond acceptors (Lipinski definition) is 3. The predicted octanol–water partition coefficient (Wildman–Crippen LogP) is 3.22. The molecule has 126 valence electrons. The van der Waals surface area contributed by atoms with Gasteiger partial charge < -0.3 is 15.1 Å². The molecule has 0 saturated heterocycles. The van der Waals surface area contributed by atoms with E-state index in [1.54, 1.807) is 20.0 Å². The van der Waals surface area contributed by atoms with Gasteiger partial charge in [-0.3, -0.25) is 4.99 Å². The first kappa shape index (κ1) is 19.4. The summed E-state index contributed by atoms with van der Waals surface area (Å²) < 4.78 is 18.7. The van der Waals surface area contributed by atoms with Gasteiger partial charge in [-0.2, -0.15) is 0 Å². The van der Waals surface area contributed by atoms with Crippen LogP contribution in [0.2, 0.25) is 0 Å². The molecule has 0 amide bonds. The highest BCUT2D eigenvalue weighted by Gasteiger charge is 2.06. The highest BCUT2D eigenvalue weighted by molar-refractivity contribution is 14.0. The minimum Gasteiger partial charge on any atom is -0.444 e. The quantitative estimate of drug-likeness (QED) is 0.443. The molecule has 7 heteroatoms. The van der Waals surface area contributed by atoms with Gasteiger partial charge in [-0.15, -0.1) is 24.0 Å². The zero-order valence-electron chi connectivity index (χ0n) is 13.7. The Balaban J connectivity index is 0.00000264. The molecule has 0 aliphatic heterocycles. The molecule has 2 N–H and O–H groups in total. The second-order valence-electron chi connectivity index (χ2n) is 5.11. The molecule has 0 aliphatic carbocycles. The first-order valence-electron chi connectivity index (χ1n) is 7.12. The monoisotopic (exact) mass is 432 g/mol. The number of nitrogens with one attached hydrogen (secondary N) is 2. The Hall–Kier alpha value is -1.64. The van der Waals surface area contributed by atoms with Gasteiger partial charge in [-0.25, -0.2) is 9.37 Å². The van der Waals surface area contributed by atoms with Crippen LogP contribution in [0, 0.1) is 26.6 Å². The minimum absolute atomic E-state index is 0. The van der Waals surface area contributed by atoms with E-state index in [2.05, 4.69) is 20.6 Å². The summed E-state index contributed by atoms with van der Waals surface area (Å²) in [6, 6.07) is 5.04. The largest absolute Gasteiger partial charge is 0.444 e. The van der Waals surface area contributed by atoms with Gasteiger partial charge in [0, 0.05) is 13.6 Å². The first-order valence-corrected chi connectivity index (χ1v) is 7.12. The predicted molar refractivity (Wildman–Crippen MR) is 99.6 cm³/mol. The second kappa shape index (κ2) is 8.85. The van der Waals surface area contributed by atoms with Crippen LogP contribution >= 0.6 is 24.0 Å². The minimum atomic E-state index is -0.194. The van der Waals surface area contributed by atoms with Crippen molar-refractivity contribution in [1.29, 1.82) is 0 Å². The fourth-order valence-corrected chi connectivity index (χ4v) is 2.00. The summed E-state index contributed by atoms with van der Waals surface area (Å²) in [5.41, 5.74) is 2.51. The number of aromatic nitrogens is 1. The van der Waals surface area contributed by atoms with E-state index in [1.807, 2.05) is 19.9 Å². The van der Waals surface area contributed by atoms with Crippen molar-refractivity contribution in [2.24, 2.45) is 4.99 Å². The fourth-order valence-electron chi connectivity index (χ4n) is 2.00. The van der Waals surface area contributed by atoms with E-state index in [0.29, 0.717) is 30.5 Å². The standard InChI is InChI=1S/C16H21FN4O.HI/c1-10-7-13(5-6-14(10)17)8-19-16(18-4)20-9-15-21-11(2)12(3)22-15;/h5-7H,8-9H2,1-4H3,(H2,18,19,20);1H. The molecule has 0 aliphatic rings. The maximum Gasteiger partial charge on any atom is 0.214 e. The number of hydrogen-bond donors (Lipinski definition) is 2. The summed E-state index contributed by atoms with van der Waals surface area (Å²) in [6.07, 6.45) is 0. The molecule has 0 bridgehead atoms. The highest BCUT2D eigenvalue weighted by atomic mass is 127. The van der Waals surface area contributed by atoms with Crippen molar-refractivity contribution in [2.75, 3.05) is 7.05 Å². The van der Waals surface area contributed by atoms with E-state index < -0.39 is 0 Å². The van der Waals surface area contributed by atoms with Gasteiger partial charge in [0.2, 0.25) is 5.89 Å². The third-order valence-corrected chi connectivity index (χ3v) is 3.39. The molecule has 0 saturated carbocycles. The summed E-state index contributed by atoms with van der Waals surface area (Å²) in [6.45, 7) is 6.56. The lowest BCUT2D eigenvalue weighted by molar-refractivity contribution is 0.463. The third kappa shape index (κ3) is 5.49. The lowest BCUT2D eigenvalue weighted by atomic mass is 10.1. The van der Waals surface area contributed by atoms with Gasteiger partial charge in [0.25, 0.3) is 0 Å². The van der Waals surface area contributed by atoms with E-state index in [9.17, 15) is 4.39 Å². The molecule has 0 radical (unpaired) electrons. The molecular formula is C16H22FIN4O. The number of halogens is 2. The zero-order valence-corrected chi connectivity index (χ0v) is 16.1. The smallest absolute Gasteiger partial charge is 0.214 e. The molecule has 0 unspecified atom stereocenters. The molecule has 1 heterocycles. The molecule has 5 nitrogen and oxygen atoms in total. The van der Waals surface area contributed by atoms with Crippen LogP contribution in [-0.2, 0) is 13.1 Å². The molecule has 2 aromatic rings. The lowest BCUT2D eigenvalue weighted by Gasteiger charge is -2.11. The van der Waals surface area contributed by atoms with E-state index >= 15 is 0 Å². The van der Waals surface area contributed by atoms with E-state index in [-0.39, 0.29) is 29.8 Å². The third-order valence-electron chi connectivity index (χ3n) is 3.39. The van der Waals surface area contributed by atoms with Crippen LogP contribution in [0.4, 0.5) is 4.39 Å². The van der Waals surface area contributed by atoms with Crippen LogP contribution in [0.5, 0.6) is 0 Å². The molecule has 0 atom stereocenters. The Bertz CT molecular complexity index is 665. The highest BCUT2D eigenvalue weighted by Crippen LogP contribution is 2.09. The molecule has 0 spiro atoms. The molecule has 23 heavy (non-hydrogen) atoms. The first-order chi connectivity index (χ1) is 10.5. The van der Waals surface area contributed by atoms with Crippen LogP contribution in [0.25, 0.3) is 0 Å². The molecule has 1 aromatic carbocycles. The molecular weight excluding hydrogens is 410 g/mol. The van der Waals surface area contributed by atoms with Gasteiger partial charge in [-0.1, -0.05) is 12.1 Å². The topological polar surface area (TPSA) is 62.5 Å². The Kier molecular flexibility index (Phi) is 7.47. The number of aliphatic imine (C=N–C) groups is 1. The molecule has 1 aromatic heterocycles. The van der Waals surface area contributed by atoms with Crippen LogP contribution in [0.3, 0.4) is 0 Å². The summed E-state index contributed by atoms with van der Waals surface area (Å²) in [4.78, 5) is 8.44. The van der Waals surface area contributed by atoms with Crippen molar-refractivity contribution in [3.05, 3.63) is 52.5 Å². The van der Waals surface area contributed by atoms with E-state index in [0.717, 1.165) is 17.0 Å². The van der Waals surface area contributed by atoms with Gasteiger partial charge in [0.15, 0.2) is 5.96 Å². The van der Waals surface area contributed by atoms with Crippen LogP contribution < -0.4 is 10.6 Å². The van der Waals surface area contributed by atoms with Crippen LogP contribution in [-0.4, -0.2) is 18.0 Å². The van der Waals surface area contributed by atoms with Crippen LogP contribution in [0.15, 0.2) is 27.6 Å². The van der Waals surface area contributed by atoms with Crippen molar-refractivity contribution in [1.82, 2.24) is 15.6 Å².